The lowest BCUT2D eigenvalue weighted by Gasteiger charge is -2.08. The Morgan fingerprint density at radius 3 is 2.50 bits per heavy atom. The minimum absolute atomic E-state index is 0.160. The fourth-order valence-corrected chi connectivity index (χ4v) is 3.56. The molecule has 0 spiro atoms. The van der Waals surface area contributed by atoms with E-state index in [2.05, 4.69) is 11.9 Å². The van der Waals surface area contributed by atoms with E-state index >= 15 is 0 Å². The fraction of sp³-hybridized carbons (Fsp3) is 0.273. The molecule has 0 atom stereocenters. The highest BCUT2D eigenvalue weighted by atomic mass is 32.1. The molecule has 5 nitrogen and oxygen atoms in total. The maximum atomic E-state index is 12.1. The van der Waals surface area contributed by atoms with E-state index in [1.165, 1.54) is 22.5 Å². The van der Waals surface area contributed by atoms with Gasteiger partial charge < -0.3 is 14.2 Å². The number of hydrogen-bond donors (Lipinski definition) is 0. The van der Waals surface area contributed by atoms with Gasteiger partial charge in [0.05, 0.1) is 26.3 Å². The van der Waals surface area contributed by atoms with Gasteiger partial charge in [0.15, 0.2) is 11.5 Å². The van der Waals surface area contributed by atoms with Gasteiger partial charge in [-0.25, -0.2) is 4.98 Å². The average molecular weight is 397 g/mol. The summed E-state index contributed by atoms with van der Waals surface area (Å²) in [6.45, 7) is 4.25. The Kier molecular flexibility index (Phi) is 6.31. The number of aryl methyl sites for hydroxylation is 2. The van der Waals surface area contributed by atoms with Gasteiger partial charge >= 0.3 is 5.97 Å². The molecule has 0 fully saturated rings. The Labute approximate surface area is 168 Å². The first-order chi connectivity index (χ1) is 13.5. The van der Waals surface area contributed by atoms with Gasteiger partial charge in [0, 0.05) is 10.9 Å². The monoisotopic (exact) mass is 397 g/mol. The van der Waals surface area contributed by atoms with Crippen molar-refractivity contribution in [2.45, 2.75) is 26.9 Å². The zero-order chi connectivity index (χ0) is 20.1. The van der Waals surface area contributed by atoms with Crippen molar-refractivity contribution in [3.8, 4) is 22.1 Å². The topological polar surface area (TPSA) is 57.7 Å². The lowest BCUT2D eigenvalue weighted by molar-refractivity contribution is -0.144. The molecule has 3 aromatic rings. The minimum atomic E-state index is -0.260. The first kappa shape index (κ1) is 19.9. The summed E-state index contributed by atoms with van der Waals surface area (Å²) in [4.78, 5) is 16.7. The molecular weight excluding hydrogens is 374 g/mol. The van der Waals surface area contributed by atoms with Gasteiger partial charge in [-0.15, -0.1) is 11.3 Å². The van der Waals surface area contributed by atoms with Crippen LogP contribution < -0.4 is 9.47 Å². The smallest absolute Gasteiger partial charge is 0.310 e. The molecule has 0 saturated heterocycles. The van der Waals surface area contributed by atoms with Crippen LogP contribution in [0.2, 0.25) is 0 Å². The van der Waals surface area contributed by atoms with E-state index in [1.807, 2.05) is 48.7 Å². The van der Waals surface area contributed by atoms with Crippen molar-refractivity contribution < 1.29 is 19.0 Å². The third-order valence-corrected chi connectivity index (χ3v) is 5.42. The lowest BCUT2D eigenvalue weighted by atomic mass is 10.0. The zero-order valence-electron chi connectivity index (χ0n) is 16.4. The molecule has 0 bridgehead atoms. The molecule has 0 aliphatic heterocycles. The van der Waals surface area contributed by atoms with Crippen LogP contribution in [0.15, 0.2) is 41.8 Å². The third-order valence-electron chi connectivity index (χ3n) is 4.48. The molecule has 0 aliphatic rings. The van der Waals surface area contributed by atoms with Crippen molar-refractivity contribution in [1.82, 2.24) is 4.98 Å². The number of methoxy groups -OCH3 is 2. The van der Waals surface area contributed by atoms with Crippen molar-refractivity contribution >= 4 is 17.3 Å². The highest BCUT2D eigenvalue weighted by molar-refractivity contribution is 7.13. The van der Waals surface area contributed by atoms with E-state index in [0.29, 0.717) is 11.5 Å². The quantitative estimate of drug-likeness (QED) is 0.540. The molecule has 3 rings (SSSR count). The maximum absolute atomic E-state index is 12.1. The number of hydrogen-bond acceptors (Lipinski definition) is 6. The normalized spacial score (nSPS) is 10.6. The number of nitrogens with zero attached hydrogens (tertiary/aromatic N) is 1. The van der Waals surface area contributed by atoms with Crippen LogP contribution in [0.5, 0.6) is 11.5 Å². The van der Waals surface area contributed by atoms with Gasteiger partial charge in [-0.05, 0) is 48.7 Å². The summed E-state index contributed by atoms with van der Waals surface area (Å²) in [7, 11) is 3.20. The van der Waals surface area contributed by atoms with Gasteiger partial charge in [0.2, 0.25) is 0 Å². The summed E-state index contributed by atoms with van der Waals surface area (Å²) in [6, 6.07) is 11.7. The molecule has 2 aromatic carbocycles. The second kappa shape index (κ2) is 8.89. The Morgan fingerprint density at radius 2 is 1.79 bits per heavy atom. The van der Waals surface area contributed by atoms with Crippen LogP contribution in [0, 0.1) is 13.8 Å². The molecule has 0 amide bonds. The number of aromatic nitrogens is 1. The van der Waals surface area contributed by atoms with E-state index in [4.69, 9.17) is 14.2 Å². The van der Waals surface area contributed by atoms with Gasteiger partial charge in [-0.2, -0.15) is 0 Å². The Morgan fingerprint density at radius 1 is 1.00 bits per heavy atom. The van der Waals surface area contributed by atoms with E-state index in [-0.39, 0.29) is 19.0 Å². The third kappa shape index (κ3) is 4.70. The van der Waals surface area contributed by atoms with Gasteiger partial charge in [-0.3, -0.25) is 4.79 Å². The highest BCUT2D eigenvalue weighted by Crippen LogP contribution is 2.33. The number of carbonyl (C=O) groups excluding carboxylic acids is 1. The number of carbonyl (C=O) groups is 1. The van der Waals surface area contributed by atoms with Crippen LogP contribution in [0.25, 0.3) is 10.6 Å². The van der Waals surface area contributed by atoms with E-state index in [0.717, 1.165) is 21.8 Å². The number of thiazole rings is 1. The molecule has 146 valence electrons. The molecule has 1 aromatic heterocycles. The predicted molar refractivity (Wildman–Crippen MR) is 110 cm³/mol. The Bertz CT molecular complexity index is 980. The second-order valence-electron chi connectivity index (χ2n) is 6.47. The lowest BCUT2D eigenvalue weighted by Crippen LogP contribution is -2.08. The number of ether oxygens (including phenoxy) is 3. The molecule has 0 saturated carbocycles. The molecule has 0 aliphatic carbocycles. The summed E-state index contributed by atoms with van der Waals surface area (Å²) in [6.07, 6.45) is 0.258. The van der Waals surface area contributed by atoms with Crippen LogP contribution in [0.3, 0.4) is 0 Å². The maximum Gasteiger partial charge on any atom is 0.310 e. The largest absolute Gasteiger partial charge is 0.493 e. The molecule has 28 heavy (non-hydrogen) atoms. The van der Waals surface area contributed by atoms with Crippen molar-refractivity contribution in [2.24, 2.45) is 0 Å². The molecule has 1 heterocycles. The molecule has 6 heteroatoms. The number of rotatable bonds is 7. The molecule has 0 radical (unpaired) electrons. The zero-order valence-corrected chi connectivity index (χ0v) is 17.3. The van der Waals surface area contributed by atoms with Crippen LogP contribution in [0.4, 0.5) is 0 Å². The van der Waals surface area contributed by atoms with Crippen molar-refractivity contribution in [1.29, 1.82) is 0 Å². The predicted octanol–water partition coefficient (Wildman–Crippen LogP) is 4.73. The van der Waals surface area contributed by atoms with E-state index in [9.17, 15) is 4.79 Å². The van der Waals surface area contributed by atoms with Gasteiger partial charge in [0.25, 0.3) is 0 Å². The number of benzene rings is 2. The highest BCUT2D eigenvalue weighted by Gasteiger charge is 2.11. The summed E-state index contributed by atoms with van der Waals surface area (Å²) >= 11 is 1.50. The molecule has 0 N–H and O–H groups in total. The minimum Gasteiger partial charge on any atom is -0.493 e. The van der Waals surface area contributed by atoms with Gasteiger partial charge in [0.1, 0.15) is 11.6 Å². The van der Waals surface area contributed by atoms with Crippen LogP contribution in [-0.4, -0.2) is 25.2 Å². The summed E-state index contributed by atoms with van der Waals surface area (Å²) < 4.78 is 16.0. The first-order valence-corrected chi connectivity index (χ1v) is 9.76. The fourth-order valence-electron chi connectivity index (χ4n) is 2.76. The summed E-state index contributed by atoms with van der Waals surface area (Å²) in [5, 5.41) is 2.73. The SMILES string of the molecule is COc1ccc(-c2nc(COC(=O)Cc3ccc(C)c(C)c3)cs2)cc1OC. The Hall–Kier alpha value is -2.86. The van der Waals surface area contributed by atoms with Gasteiger partial charge in [-0.1, -0.05) is 18.2 Å². The van der Waals surface area contributed by atoms with Crippen molar-refractivity contribution in [3.05, 3.63) is 64.2 Å². The van der Waals surface area contributed by atoms with Crippen LogP contribution >= 0.6 is 11.3 Å². The van der Waals surface area contributed by atoms with Crippen molar-refractivity contribution in [2.75, 3.05) is 14.2 Å². The Balaban J connectivity index is 1.61. The summed E-state index contributed by atoms with van der Waals surface area (Å²) in [5.41, 5.74) is 4.99. The van der Waals surface area contributed by atoms with Crippen LogP contribution in [-0.2, 0) is 22.6 Å². The number of esters is 1. The van der Waals surface area contributed by atoms with E-state index < -0.39 is 0 Å². The first-order valence-electron chi connectivity index (χ1n) is 8.88. The van der Waals surface area contributed by atoms with Crippen LogP contribution in [0.1, 0.15) is 22.4 Å². The molecular formula is C22H23NO4S. The van der Waals surface area contributed by atoms with Crippen molar-refractivity contribution in [3.63, 3.8) is 0 Å². The standard InChI is InChI=1S/C22H23NO4S/c1-14-5-6-16(9-15(14)2)10-21(24)27-12-18-13-28-22(23-18)17-7-8-19(25-3)20(11-17)26-4/h5-9,11,13H,10,12H2,1-4H3. The van der Waals surface area contributed by atoms with E-state index in [1.54, 1.807) is 14.2 Å². The molecule has 0 unspecified atom stereocenters. The summed E-state index contributed by atoms with van der Waals surface area (Å²) in [5.74, 6) is 1.06. The second-order valence-corrected chi connectivity index (χ2v) is 7.33. The average Bonchev–Trinajstić information content (AvgIpc) is 3.17.